The molecule has 0 aliphatic carbocycles. The summed E-state index contributed by atoms with van der Waals surface area (Å²) >= 11 is 0. The highest BCUT2D eigenvalue weighted by Gasteiger charge is 2.25. The first-order valence-corrected chi connectivity index (χ1v) is 8.90. The van der Waals surface area contributed by atoms with E-state index in [0.717, 1.165) is 38.3 Å². The van der Waals surface area contributed by atoms with Gasteiger partial charge < -0.3 is 15.5 Å². The average molecular weight is 333 g/mol. The highest BCUT2D eigenvalue weighted by Crippen LogP contribution is 2.12. The second-order valence-corrected chi connectivity index (χ2v) is 6.86. The maximum absolute atomic E-state index is 12.0. The van der Waals surface area contributed by atoms with Crippen LogP contribution in [0.3, 0.4) is 0 Å². The summed E-state index contributed by atoms with van der Waals surface area (Å²) in [5.74, 6) is 0.516. The van der Waals surface area contributed by atoms with Gasteiger partial charge in [-0.2, -0.15) is 0 Å². The number of hydrogen-bond donors (Lipinski definition) is 2. The van der Waals surface area contributed by atoms with Gasteiger partial charge >= 0.3 is 6.03 Å². The number of piperazine rings is 1. The standard InChI is InChI=1S/C18H31N5O/c1-15(2)17(23-12-10-22(3)11-13-23)14-21-18(24)20-9-7-16-6-4-5-8-19-16/h4-6,8,15,17H,7,9-14H2,1-3H3,(H2,20,21,24)/t17-/m0/s1. The summed E-state index contributed by atoms with van der Waals surface area (Å²) < 4.78 is 0. The predicted octanol–water partition coefficient (Wildman–Crippen LogP) is 1.20. The Kier molecular flexibility index (Phi) is 7.46. The first kappa shape index (κ1) is 18.7. The van der Waals surface area contributed by atoms with Crippen LogP contribution in [0.1, 0.15) is 19.5 Å². The molecule has 1 aliphatic heterocycles. The van der Waals surface area contributed by atoms with Gasteiger partial charge in [-0.05, 0) is 25.1 Å². The summed E-state index contributed by atoms with van der Waals surface area (Å²) in [6, 6.07) is 6.13. The lowest BCUT2D eigenvalue weighted by molar-refractivity contribution is 0.0887. The Morgan fingerprint density at radius 3 is 2.58 bits per heavy atom. The van der Waals surface area contributed by atoms with Crippen LogP contribution in [0.15, 0.2) is 24.4 Å². The molecule has 1 aromatic rings. The van der Waals surface area contributed by atoms with E-state index in [2.05, 4.69) is 46.3 Å². The van der Waals surface area contributed by atoms with Gasteiger partial charge in [-0.1, -0.05) is 19.9 Å². The second-order valence-electron chi connectivity index (χ2n) is 6.86. The molecule has 6 nitrogen and oxygen atoms in total. The molecular formula is C18H31N5O. The number of amides is 2. The Bertz CT molecular complexity index is 485. The number of rotatable bonds is 7. The molecule has 1 aromatic heterocycles. The molecule has 1 atom stereocenters. The first-order valence-electron chi connectivity index (χ1n) is 8.90. The molecule has 0 aromatic carbocycles. The number of carbonyl (C=O) groups excluding carboxylic acids is 1. The highest BCUT2D eigenvalue weighted by molar-refractivity contribution is 5.73. The van der Waals surface area contributed by atoms with E-state index in [9.17, 15) is 4.79 Å². The molecule has 1 saturated heterocycles. The second kappa shape index (κ2) is 9.59. The van der Waals surface area contributed by atoms with Crippen molar-refractivity contribution in [1.29, 1.82) is 0 Å². The molecule has 0 bridgehead atoms. The molecule has 2 rings (SSSR count). The third-order valence-electron chi connectivity index (χ3n) is 4.64. The normalized spacial score (nSPS) is 17.7. The highest BCUT2D eigenvalue weighted by atomic mass is 16.2. The Labute approximate surface area is 145 Å². The third kappa shape index (κ3) is 6.09. The van der Waals surface area contributed by atoms with Gasteiger partial charge in [0.25, 0.3) is 0 Å². The SMILES string of the molecule is CC(C)[C@H](CNC(=O)NCCc1ccccn1)N1CCN(C)CC1. The molecule has 2 heterocycles. The summed E-state index contributed by atoms with van der Waals surface area (Å²) in [6.45, 7) is 10.1. The van der Waals surface area contributed by atoms with Crippen LogP contribution in [-0.2, 0) is 6.42 Å². The topological polar surface area (TPSA) is 60.5 Å². The summed E-state index contributed by atoms with van der Waals surface area (Å²) in [6.07, 6.45) is 2.53. The van der Waals surface area contributed by atoms with Crippen LogP contribution in [0.2, 0.25) is 0 Å². The maximum atomic E-state index is 12.0. The van der Waals surface area contributed by atoms with E-state index in [4.69, 9.17) is 0 Å². The average Bonchev–Trinajstić information content (AvgIpc) is 2.57. The minimum absolute atomic E-state index is 0.0919. The van der Waals surface area contributed by atoms with Crippen molar-refractivity contribution in [3.63, 3.8) is 0 Å². The van der Waals surface area contributed by atoms with Crippen molar-refractivity contribution in [2.75, 3.05) is 46.3 Å². The van der Waals surface area contributed by atoms with Gasteiger partial charge in [0.15, 0.2) is 0 Å². The van der Waals surface area contributed by atoms with Gasteiger partial charge in [0.1, 0.15) is 0 Å². The van der Waals surface area contributed by atoms with Gasteiger partial charge in [0.2, 0.25) is 0 Å². The Hall–Kier alpha value is -1.66. The van der Waals surface area contributed by atoms with Crippen LogP contribution in [-0.4, -0.2) is 73.2 Å². The molecule has 24 heavy (non-hydrogen) atoms. The van der Waals surface area contributed by atoms with Crippen molar-refractivity contribution in [3.8, 4) is 0 Å². The molecule has 134 valence electrons. The van der Waals surface area contributed by atoms with Crippen LogP contribution in [0.5, 0.6) is 0 Å². The predicted molar refractivity (Wildman–Crippen MR) is 97.0 cm³/mol. The van der Waals surface area contributed by atoms with Crippen molar-refractivity contribution < 1.29 is 4.79 Å². The third-order valence-corrected chi connectivity index (χ3v) is 4.64. The van der Waals surface area contributed by atoms with E-state index in [1.165, 1.54) is 0 Å². The van der Waals surface area contributed by atoms with E-state index in [-0.39, 0.29) is 6.03 Å². The van der Waals surface area contributed by atoms with E-state index >= 15 is 0 Å². The fourth-order valence-corrected chi connectivity index (χ4v) is 3.05. The molecule has 1 aliphatic rings. The fourth-order valence-electron chi connectivity index (χ4n) is 3.05. The molecule has 0 radical (unpaired) electrons. The van der Waals surface area contributed by atoms with Crippen molar-refractivity contribution >= 4 is 6.03 Å². The van der Waals surface area contributed by atoms with E-state index in [1.54, 1.807) is 6.20 Å². The zero-order valence-electron chi connectivity index (χ0n) is 15.2. The quantitative estimate of drug-likeness (QED) is 0.787. The number of carbonyl (C=O) groups is 1. The monoisotopic (exact) mass is 333 g/mol. The summed E-state index contributed by atoms with van der Waals surface area (Å²) in [7, 11) is 2.16. The smallest absolute Gasteiger partial charge is 0.314 e. The number of aromatic nitrogens is 1. The molecule has 0 unspecified atom stereocenters. The van der Waals surface area contributed by atoms with Crippen LogP contribution in [0.25, 0.3) is 0 Å². The van der Waals surface area contributed by atoms with Gasteiger partial charge in [-0.25, -0.2) is 4.79 Å². The van der Waals surface area contributed by atoms with Crippen LogP contribution >= 0.6 is 0 Å². The number of hydrogen-bond acceptors (Lipinski definition) is 4. The van der Waals surface area contributed by atoms with E-state index in [1.807, 2.05) is 18.2 Å². The van der Waals surface area contributed by atoms with Crippen molar-refractivity contribution in [2.45, 2.75) is 26.3 Å². The van der Waals surface area contributed by atoms with E-state index in [0.29, 0.717) is 25.0 Å². The first-order chi connectivity index (χ1) is 11.6. The van der Waals surface area contributed by atoms with E-state index < -0.39 is 0 Å². The van der Waals surface area contributed by atoms with Crippen LogP contribution in [0, 0.1) is 5.92 Å². The number of nitrogens with zero attached hydrogens (tertiary/aromatic N) is 3. The van der Waals surface area contributed by atoms with Gasteiger partial charge in [-0.3, -0.25) is 9.88 Å². The molecule has 0 saturated carbocycles. The minimum Gasteiger partial charge on any atom is -0.338 e. The van der Waals surface area contributed by atoms with Gasteiger partial charge in [0, 0.05) is 63.6 Å². The molecule has 2 amide bonds. The molecule has 2 N–H and O–H groups in total. The maximum Gasteiger partial charge on any atom is 0.314 e. The molecule has 6 heteroatoms. The van der Waals surface area contributed by atoms with Crippen molar-refractivity contribution in [3.05, 3.63) is 30.1 Å². The number of likely N-dealkylation sites (N-methyl/N-ethyl adjacent to an activating group) is 1. The number of urea groups is 1. The van der Waals surface area contributed by atoms with Crippen molar-refractivity contribution in [2.24, 2.45) is 5.92 Å². The van der Waals surface area contributed by atoms with Crippen LogP contribution in [0.4, 0.5) is 4.79 Å². The summed E-state index contributed by atoms with van der Waals surface area (Å²) in [4.78, 5) is 21.1. The minimum atomic E-state index is -0.0919. The summed E-state index contributed by atoms with van der Waals surface area (Å²) in [5, 5.41) is 5.95. The van der Waals surface area contributed by atoms with Gasteiger partial charge in [0.05, 0.1) is 0 Å². The van der Waals surface area contributed by atoms with Crippen LogP contribution < -0.4 is 10.6 Å². The Balaban J connectivity index is 1.70. The Morgan fingerprint density at radius 1 is 1.21 bits per heavy atom. The lowest BCUT2D eigenvalue weighted by Crippen LogP contribution is -2.55. The summed E-state index contributed by atoms with van der Waals surface area (Å²) in [5.41, 5.74) is 0.996. The zero-order chi connectivity index (χ0) is 17.4. The molecule has 1 fully saturated rings. The number of pyridine rings is 1. The fraction of sp³-hybridized carbons (Fsp3) is 0.667. The van der Waals surface area contributed by atoms with Crippen molar-refractivity contribution in [1.82, 2.24) is 25.4 Å². The molecular weight excluding hydrogens is 302 g/mol. The molecule has 0 spiro atoms. The Morgan fingerprint density at radius 2 is 1.96 bits per heavy atom. The number of nitrogens with one attached hydrogen (secondary N) is 2. The largest absolute Gasteiger partial charge is 0.338 e. The zero-order valence-corrected chi connectivity index (χ0v) is 15.2. The lowest BCUT2D eigenvalue weighted by atomic mass is 10.0. The lowest BCUT2D eigenvalue weighted by Gasteiger charge is -2.39. The van der Waals surface area contributed by atoms with Gasteiger partial charge in [-0.15, -0.1) is 0 Å².